The lowest BCUT2D eigenvalue weighted by molar-refractivity contribution is -0.110. The van der Waals surface area contributed by atoms with Crippen molar-refractivity contribution in [1.29, 1.82) is 0 Å². The Morgan fingerprint density at radius 2 is 2.14 bits per heavy atom. The fourth-order valence-corrected chi connectivity index (χ4v) is 1.50. The highest BCUT2D eigenvalue weighted by Crippen LogP contribution is 2.23. The highest BCUT2D eigenvalue weighted by molar-refractivity contribution is 9.10. The third-order valence-corrected chi connectivity index (χ3v) is 2.51. The molecule has 0 heterocycles. The van der Waals surface area contributed by atoms with Crippen LogP contribution >= 0.6 is 15.9 Å². The Balaban J connectivity index is 3.06. The van der Waals surface area contributed by atoms with Gasteiger partial charge in [0.05, 0.1) is 4.47 Å². The Labute approximate surface area is 89.3 Å². The minimum atomic E-state index is -0.626. The van der Waals surface area contributed by atoms with Crippen molar-refractivity contribution in [3.8, 4) is 0 Å². The van der Waals surface area contributed by atoms with Crippen LogP contribution in [-0.4, -0.2) is 6.29 Å². The van der Waals surface area contributed by atoms with Crippen molar-refractivity contribution in [3.63, 3.8) is 0 Å². The summed E-state index contributed by atoms with van der Waals surface area (Å²) in [6, 6.07) is 2.49. The Kier molecular flexibility index (Phi) is 3.75. The van der Waals surface area contributed by atoms with Crippen LogP contribution in [0.3, 0.4) is 0 Å². The van der Waals surface area contributed by atoms with Gasteiger partial charge in [-0.1, -0.05) is 6.92 Å². The van der Waals surface area contributed by atoms with E-state index in [1.807, 2.05) is 0 Å². The zero-order valence-corrected chi connectivity index (χ0v) is 9.14. The number of hydrogen-bond donors (Lipinski definition) is 0. The molecule has 1 rings (SSSR count). The summed E-state index contributed by atoms with van der Waals surface area (Å²) >= 11 is 2.96. The van der Waals surface area contributed by atoms with Crippen LogP contribution in [0.5, 0.6) is 0 Å². The first-order valence-electron chi connectivity index (χ1n) is 4.14. The van der Waals surface area contributed by atoms with Gasteiger partial charge in [-0.2, -0.15) is 0 Å². The standard InChI is InChI=1S/C10H9BrF2O/c1-6(5-14)4-7-9(12)3-2-8(11)10(7)13/h2-3,5-6H,4H2,1H3. The number of aldehydes is 1. The van der Waals surface area contributed by atoms with E-state index in [9.17, 15) is 13.6 Å². The molecule has 0 aromatic heterocycles. The Hall–Kier alpha value is -0.770. The molecule has 1 aromatic carbocycles. The van der Waals surface area contributed by atoms with E-state index in [-0.39, 0.29) is 22.4 Å². The third kappa shape index (κ3) is 2.38. The van der Waals surface area contributed by atoms with E-state index < -0.39 is 11.6 Å². The molecule has 76 valence electrons. The second-order valence-corrected chi connectivity index (χ2v) is 3.99. The zero-order chi connectivity index (χ0) is 10.7. The summed E-state index contributed by atoms with van der Waals surface area (Å²) in [5, 5.41) is 0. The molecule has 0 aliphatic rings. The van der Waals surface area contributed by atoms with Gasteiger partial charge in [0, 0.05) is 11.5 Å². The average Bonchev–Trinajstić information content (AvgIpc) is 2.18. The molecular formula is C10H9BrF2O. The van der Waals surface area contributed by atoms with Crippen molar-refractivity contribution >= 4 is 22.2 Å². The first-order chi connectivity index (χ1) is 6.56. The molecule has 0 amide bonds. The summed E-state index contributed by atoms with van der Waals surface area (Å²) < 4.78 is 26.7. The van der Waals surface area contributed by atoms with Crippen LogP contribution < -0.4 is 0 Å². The SMILES string of the molecule is CC(C=O)Cc1c(F)ccc(Br)c1F. The third-order valence-electron chi connectivity index (χ3n) is 1.90. The van der Waals surface area contributed by atoms with Crippen molar-refractivity contribution in [1.82, 2.24) is 0 Å². The predicted octanol–water partition coefficient (Wildman–Crippen LogP) is 3.10. The summed E-state index contributed by atoms with van der Waals surface area (Å²) in [5.74, 6) is -1.62. The molecule has 1 aromatic rings. The van der Waals surface area contributed by atoms with E-state index in [0.29, 0.717) is 6.29 Å². The van der Waals surface area contributed by atoms with Crippen LogP contribution in [0.4, 0.5) is 8.78 Å². The normalized spacial score (nSPS) is 12.6. The van der Waals surface area contributed by atoms with Gasteiger partial charge in [-0.25, -0.2) is 8.78 Å². The van der Waals surface area contributed by atoms with Crippen molar-refractivity contribution in [2.75, 3.05) is 0 Å². The molecule has 0 fully saturated rings. The summed E-state index contributed by atoms with van der Waals surface area (Å²) in [6.07, 6.45) is 0.764. The Morgan fingerprint density at radius 3 is 2.71 bits per heavy atom. The molecule has 4 heteroatoms. The number of carbonyl (C=O) groups is 1. The molecule has 0 radical (unpaired) electrons. The topological polar surface area (TPSA) is 17.1 Å². The van der Waals surface area contributed by atoms with Gasteiger partial charge in [-0.05, 0) is 34.5 Å². The summed E-state index contributed by atoms with van der Waals surface area (Å²) in [7, 11) is 0. The molecule has 1 nitrogen and oxygen atoms in total. The number of carbonyl (C=O) groups excluding carboxylic acids is 1. The van der Waals surface area contributed by atoms with E-state index >= 15 is 0 Å². The zero-order valence-electron chi connectivity index (χ0n) is 7.56. The second kappa shape index (κ2) is 4.64. The molecule has 0 spiro atoms. The van der Waals surface area contributed by atoms with Crippen LogP contribution in [0, 0.1) is 17.6 Å². The van der Waals surface area contributed by atoms with E-state index in [0.717, 1.165) is 0 Å². The van der Waals surface area contributed by atoms with E-state index in [1.165, 1.54) is 12.1 Å². The van der Waals surface area contributed by atoms with Gasteiger partial charge >= 0.3 is 0 Å². The van der Waals surface area contributed by atoms with Crippen LogP contribution in [0.1, 0.15) is 12.5 Å². The maximum absolute atomic E-state index is 13.4. The fraction of sp³-hybridized carbons (Fsp3) is 0.300. The molecule has 0 saturated carbocycles. The molecule has 1 atom stereocenters. The smallest absolute Gasteiger partial charge is 0.143 e. The molecular weight excluding hydrogens is 254 g/mol. The molecule has 0 aliphatic heterocycles. The first-order valence-corrected chi connectivity index (χ1v) is 4.93. The first kappa shape index (κ1) is 11.3. The lowest BCUT2D eigenvalue weighted by Crippen LogP contribution is -2.05. The van der Waals surface area contributed by atoms with Gasteiger partial charge in [-0.15, -0.1) is 0 Å². The predicted molar refractivity (Wildman–Crippen MR) is 53.0 cm³/mol. The lowest BCUT2D eigenvalue weighted by atomic mass is 10.0. The van der Waals surface area contributed by atoms with Gasteiger partial charge in [0.1, 0.15) is 17.9 Å². The highest BCUT2D eigenvalue weighted by atomic mass is 79.9. The number of benzene rings is 1. The van der Waals surface area contributed by atoms with Gasteiger partial charge in [0.2, 0.25) is 0 Å². The van der Waals surface area contributed by atoms with Crippen molar-refractivity contribution < 1.29 is 13.6 Å². The molecule has 0 N–H and O–H groups in total. The van der Waals surface area contributed by atoms with E-state index in [4.69, 9.17) is 0 Å². The number of rotatable bonds is 3. The fourth-order valence-electron chi connectivity index (χ4n) is 1.13. The largest absolute Gasteiger partial charge is 0.303 e. The van der Waals surface area contributed by atoms with Gasteiger partial charge in [0.15, 0.2) is 0 Å². The van der Waals surface area contributed by atoms with E-state index in [1.54, 1.807) is 6.92 Å². The lowest BCUT2D eigenvalue weighted by Gasteiger charge is -2.07. The van der Waals surface area contributed by atoms with Crippen molar-refractivity contribution in [3.05, 3.63) is 33.8 Å². The minimum absolute atomic E-state index is 0.0426. The highest BCUT2D eigenvalue weighted by Gasteiger charge is 2.14. The summed E-state index contributed by atoms with van der Waals surface area (Å²) in [6.45, 7) is 1.62. The van der Waals surface area contributed by atoms with Gasteiger partial charge in [-0.3, -0.25) is 0 Å². The van der Waals surface area contributed by atoms with Crippen LogP contribution in [-0.2, 0) is 11.2 Å². The van der Waals surface area contributed by atoms with Crippen molar-refractivity contribution in [2.45, 2.75) is 13.3 Å². The molecule has 14 heavy (non-hydrogen) atoms. The molecule has 0 aliphatic carbocycles. The number of halogens is 3. The average molecular weight is 263 g/mol. The monoisotopic (exact) mass is 262 g/mol. The molecule has 0 bridgehead atoms. The maximum atomic E-state index is 13.4. The van der Waals surface area contributed by atoms with E-state index in [2.05, 4.69) is 15.9 Å². The summed E-state index contributed by atoms with van der Waals surface area (Å²) in [4.78, 5) is 10.4. The Bertz CT molecular complexity index is 352. The molecule has 0 saturated heterocycles. The maximum Gasteiger partial charge on any atom is 0.143 e. The minimum Gasteiger partial charge on any atom is -0.303 e. The van der Waals surface area contributed by atoms with Crippen LogP contribution in [0.2, 0.25) is 0 Å². The quantitative estimate of drug-likeness (QED) is 0.605. The molecule has 1 unspecified atom stereocenters. The Morgan fingerprint density at radius 1 is 1.50 bits per heavy atom. The second-order valence-electron chi connectivity index (χ2n) is 3.14. The van der Waals surface area contributed by atoms with Crippen molar-refractivity contribution in [2.24, 2.45) is 5.92 Å². The number of hydrogen-bond acceptors (Lipinski definition) is 1. The van der Waals surface area contributed by atoms with Crippen LogP contribution in [0.15, 0.2) is 16.6 Å². The van der Waals surface area contributed by atoms with Gasteiger partial charge < -0.3 is 4.79 Å². The van der Waals surface area contributed by atoms with Crippen LogP contribution in [0.25, 0.3) is 0 Å². The summed E-state index contributed by atoms with van der Waals surface area (Å²) in [5.41, 5.74) is -0.0426. The van der Waals surface area contributed by atoms with Gasteiger partial charge in [0.25, 0.3) is 0 Å².